The molecule has 1 aliphatic rings. The number of hydrogen-bond donors (Lipinski definition) is 0. The zero-order chi connectivity index (χ0) is 18.6. The zero-order valence-electron chi connectivity index (χ0n) is 15.0. The van der Waals surface area contributed by atoms with Gasteiger partial charge in [-0.1, -0.05) is 42.5 Å². The Morgan fingerprint density at radius 2 is 1.89 bits per heavy atom. The molecule has 2 heterocycles. The van der Waals surface area contributed by atoms with Gasteiger partial charge in [0.1, 0.15) is 0 Å². The minimum Gasteiger partial charge on any atom is -0.441 e. The molecule has 138 valence electrons. The normalized spacial score (nSPS) is 17.1. The van der Waals surface area contributed by atoms with E-state index in [1.54, 1.807) is 6.20 Å². The SMILES string of the molecule is O=C(c1ccccc1I)N1CCCCC1Cc1ncc(-c2ccccc2)o1. The van der Waals surface area contributed by atoms with Gasteiger partial charge >= 0.3 is 0 Å². The first-order valence-corrected chi connectivity index (χ1v) is 10.4. The van der Waals surface area contributed by atoms with Gasteiger partial charge in [0, 0.05) is 28.1 Å². The van der Waals surface area contributed by atoms with Crippen molar-refractivity contribution >= 4 is 28.5 Å². The predicted molar refractivity (Wildman–Crippen MR) is 113 cm³/mol. The second-order valence-electron chi connectivity index (χ2n) is 6.82. The van der Waals surface area contributed by atoms with Gasteiger partial charge in [0.05, 0.1) is 11.8 Å². The zero-order valence-corrected chi connectivity index (χ0v) is 17.1. The Morgan fingerprint density at radius 3 is 2.70 bits per heavy atom. The monoisotopic (exact) mass is 472 g/mol. The maximum atomic E-state index is 13.1. The molecule has 1 amide bonds. The third-order valence-corrected chi connectivity index (χ3v) is 5.96. The number of carbonyl (C=O) groups excluding carboxylic acids is 1. The maximum absolute atomic E-state index is 13.1. The van der Waals surface area contributed by atoms with Gasteiger partial charge in [0.2, 0.25) is 0 Å². The fourth-order valence-corrected chi connectivity index (χ4v) is 4.23. The first kappa shape index (κ1) is 18.2. The van der Waals surface area contributed by atoms with Crippen molar-refractivity contribution in [3.63, 3.8) is 0 Å². The number of carbonyl (C=O) groups is 1. The van der Waals surface area contributed by atoms with Crippen LogP contribution in [0.1, 0.15) is 35.5 Å². The lowest BCUT2D eigenvalue weighted by Gasteiger charge is -2.35. The molecule has 1 saturated heterocycles. The Morgan fingerprint density at radius 1 is 1.11 bits per heavy atom. The van der Waals surface area contributed by atoms with E-state index >= 15 is 0 Å². The highest BCUT2D eigenvalue weighted by atomic mass is 127. The third kappa shape index (κ3) is 4.08. The lowest BCUT2D eigenvalue weighted by atomic mass is 9.98. The molecular formula is C22H21IN2O2. The highest BCUT2D eigenvalue weighted by Gasteiger charge is 2.29. The molecule has 0 radical (unpaired) electrons. The van der Waals surface area contributed by atoms with Crippen LogP contribution in [-0.2, 0) is 6.42 Å². The average molecular weight is 472 g/mol. The van der Waals surface area contributed by atoms with Crippen molar-refractivity contribution in [2.24, 2.45) is 0 Å². The van der Waals surface area contributed by atoms with Crippen LogP contribution >= 0.6 is 22.6 Å². The number of likely N-dealkylation sites (tertiary alicyclic amines) is 1. The van der Waals surface area contributed by atoms with Crippen LogP contribution in [0.4, 0.5) is 0 Å². The van der Waals surface area contributed by atoms with Crippen molar-refractivity contribution in [3.8, 4) is 11.3 Å². The van der Waals surface area contributed by atoms with Gasteiger partial charge in [-0.2, -0.15) is 0 Å². The number of hydrogen-bond acceptors (Lipinski definition) is 3. The van der Waals surface area contributed by atoms with E-state index in [2.05, 4.69) is 27.6 Å². The topological polar surface area (TPSA) is 46.3 Å². The summed E-state index contributed by atoms with van der Waals surface area (Å²) in [4.78, 5) is 19.6. The molecule has 2 aromatic carbocycles. The number of rotatable bonds is 4. The smallest absolute Gasteiger partial charge is 0.255 e. The van der Waals surface area contributed by atoms with Gasteiger partial charge in [0.25, 0.3) is 5.91 Å². The van der Waals surface area contributed by atoms with Crippen LogP contribution in [0.15, 0.2) is 65.2 Å². The Hall–Kier alpha value is -2.15. The van der Waals surface area contributed by atoms with Crippen LogP contribution in [0.2, 0.25) is 0 Å². The van der Waals surface area contributed by atoms with E-state index in [-0.39, 0.29) is 11.9 Å². The molecule has 0 aliphatic carbocycles. The highest BCUT2D eigenvalue weighted by molar-refractivity contribution is 14.1. The molecule has 5 heteroatoms. The van der Waals surface area contributed by atoms with E-state index in [0.29, 0.717) is 12.3 Å². The second-order valence-corrected chi connectivity index (χ2v) is 7.98. The van der Waals surface area contributed by atoms with Gasteiger partial charge in [0.15, 0.2) is 11.7 Å². The summed E-state index contributed by atoms with van der Waals surface area (Å²) < 4.78 is 6.97. The molecule has 27 heavy (non-hydrogen) atoms. The van der Waals surface area contributed by atoms with Crippen molar-refractivity contribution in [3.05, 3.63) is 75.8 Å². The summed E-state index contributed by atoms with van der Waals surface area (Å²) in [5.41, 5.74) is 1.80. The number of amides is 1. The Bertz CT molecular complexity index is 923. The van der Waals surface area contributed by atoms with E-state index < -0.39 is 0 Å². The third-order valence-electron chi connectivity index (χ3n) is 5.01. The first-order chi connectivity index (χ1) is 13.2. The number of aromatic nitrogens is 1. The number of halogens is 1. The van der Waals surface area contributed by atoms with Gasteiger partial charge in [-0.05, 0) is 54.0 Å². The minimum atomic E-state index is 0.111. The van der Waals surface area contributed by atoms with Crippen LogP contribution in [0.5, 0.6) is 0 Å². The molecule has 0 bridgehead atoms. The summed E-state index contributed by atoms with van der Waals surface area (Å²) in [6.45, 7) is 0.792. The van der Waals surface area contributed by atoms with E-state index in [0.717, 1.165) is 46.3 Å². The van der Waals surface area contributed by atoms with E-state index in [9.17, 15) is 4.79 Å². The number of nitrogens with zero attached hydrogens (tertiary/aromatic N) is 2. The first-order valence-electron chi connectivity index (χ1n) is 9.28. The van der Waals surface area contributed by atoms with Gasteiger partial charge in [-0.15, -0.1) is 0 Å². The van der Waals surface area contributed by atoms with E-state index in [1.165, 1.54) is 0 Å². The Balaban J connectivity index is 1.53. The van der Waals surface area contributed by atoms with Crippen LogP contribution < -0.4 is 0 Å². The average Bonchev–Trinajstić information content (AvgIpc) is 3.17. The summed E-state index contributed by atoms with van der Waals surface area (Å²) in [7, 11) is 0. The van der Waals surface area contributed by atoms with Crippen LogP contribution in [0.3, 0.4) is 0 Å². The molecule has 3 aromatic rings. The van der Waals surface area contributed by atoms with Crippen molar-refractivity contribution < 1.29 is 9.21 Å². The molecule has 1 aliphatic heterocycles. The molecule has 1 fully saturated rings. The van der Waals surface area contributed by atoms with E-state index in [1.807, 2.05) is 59.5 Å². The number of oxazole rings is 1. The van der Waals surface area contributed by atoms with Crippen LogP contribution in [0, 0.1) is 3.57 Å². The number of piperidine rings is 1. The van der Waals surface area contributed by atoms with E-state index in [4.69, 9.17) is 4.42 Å². The maximum Gasteiger partial charge on any atom is 0.255 e. The van der Waals surface area contributed by atoms with Gasteiger partial charge < -0.3 is 9.32 Å². The summed E-state index contributed by atoms with van der Waals surface area (Å²) in [5, 5.41) is 0. The largest absolute Gasteiger partial charge is 0.441 e. The molecule has 1 atom stereocenters. The highest BCUT2D eigenvalue weighted by Crippen LogP contribution is 2.26. The predicted octanol–water partition coefficient (Wildman–Crippen LogP) is 5.18. The van der Waals surface area contributed by atoms with Crippen LogP contribution in [0.25, 0.3) is 11.3 Å². The van der Waals surface area contributed by atoms with Crippen LogP contribution in [-0.4, -0.2) is 28.4 Å². The molecule has 0 N–H and O–H groups in total. The molecular weight excluding hydrogens is 451 g/mol. The van der Waals surface area contributed by atoms with Crippen molar-refractivity contribution in [2.75, 3.05) is 6.54 Å². The summed E-state index contributed by atoms with van der Waals surface area (Å²) in [6, 6.07) is 17.9. The van der Waals surface area contributed by atoms with Gasteiger partial charge in [-0.3, -0.25) is 4.79 Å². The van der Waals surface area contributed by atoms with Gasteiger partial charge in [-0.25, -0.2) is 4.98 Å². The summed E-state index contributed by atoms with van der Waals surface area (Å²) >= 11 is 2.23. The number of benzene rings is 2. The van der Waals surface area contributed by atoms with Crippen molar-refractivity contribution in [1.29, 1.82) is 0 Å². The molecule has 1 unspecified atom stereocenters. The standard InChI is InChI=1S/C22H21IN2O2/c23-19-12-5-4-11-18(19)22(26)25-13-7-6-10-17(25)14-21-24-15-20(27-21)16-8-2-1-3-9-16/h1-5,8-9,11-12,15,17H,6-7,10,13-14H2. The Labute approximate surface area is 172 Å². The minimum absolute atomic E-state index is 0.111. The summed E-state index contributed by atoms with van der Waals surface area (Å²) in [6.07, 6.45) is 5.60. The van der Waals surface area contributed by atoms with Crippen molar-refractivity contribution in [2.45, 2.75) is 31.7 Å². The second kappa shape index (κ2) is 8.25. The quantitative estimate of drug-likeness (QED) is 0.492. The molecule has 4 nitrogen and oxygen atoms in total. The molecule has 1 aromatic heterocycles. The fourth-order valence-electron chi connectivity index (χ4n) is 3.61. The fraction of sp³-hybridized carbons (Fsp3) is 0.273. The lowest BCUT2D eigenvalue weighted by Crippen LogP contribution is -2.45. The van der Waals surface area contributed by atoms with Crippen molar-refractivity contribution in [1.82, 2.24) is 9.88 Å². The molecule has 0 saturated carbocycles. The summed E-state index contributed by atoms with van der Waals surface area (Å²) in [5.74, 6) is 1.58. The molecule has 0 spiro atoms. The Kier molecular flexibility index (Phi) is 5.57. The lowest BCUT2D eigenvalue weighted by molar-refractivity contribution is 0.0604. The molecule has 4 rings (SSSR count).